The molecule has 20 heavy (non-hydrogen) atoms. The minimum Gasteiger partial charge on any atom is -0.497 e. The maximum Gasteiger partial charge on any atom is 0.140 e. The number of hydrogen-bond donors (Lipinski definition) is 1. The number of aromatic nitrogens is 3. The second-order valence-corrected chi connectivity index (χ2v) is 5.03. The molecular formula is C15H22N4O. The molecule has 5 nitrogen and oxygen atoms in total. The Balaban J connectivity index is 1.93. The molecule has 1 aromatic heterocycles. The van der Waals surface area contributed by atoms with Crippen molar-refractivity contribution in [2.75, 3.05) is 7.11 Å². The van der Waals surface area contributed by atoms with Gasteiger partial charge in [-0.1, -0.05) is 19.1 Å². The van der Waals surface area contributed by atoms with Gasteiger partial charge < -0.3 is 10.1 Å². The SMILES string of the molecule is COc1ccc([C@@H](C)[C@H](C)NCc2ncnn2C)cc1. The Morgan fingerprint density at radius 3 is 2.50 bits per heavy atom. The van der Waals surface area contributed by atoms with Gasteiger partial charge in [-0.15, -0.1) is 0 Å². The number of ether oxygens (including phenoxy) is 1. The van der Waals surface area contributed by atoms with Gasteiger partial charge in [0.1, 0.15) is 17.9 Å². The Labute approximate surface area is 120 Å². The van der Waals surface area contributed by atoms with Crippen molar-refractivity contribution >= 4 is 0 Å². The summed E-state index contributed by atoms with van der Waals surface area (Å²) in [6, 6.07) is 8.58. The quantitative estimate of drug-likeness (QED) is 0.876. The third kappa shape index (κ3) is 3.36. The molecule has 0 unspecified atom stereocenters. The smallest absolute Gasteiger partial charge is 0.140 e. The van der Waals surface area contributed by atoms with Crippen molar-refractivity contribution in [3.8, 4) is 5.75 Å². The molecular weight excluding hydrogens is 252 g/mol. The first-order valence-electron chi connectivity index (χ1n) is 6.82. The molecule has 0 saturated heterocycles. The molecule has 0 aliphatic rings. The summed E-state index contributed by atoms with van der Waals surface area (Å²) in [5, 5.41) is 7.57. The van der Waals surface area contributed by atoms with E-state index in [9.17, 15) is 0 Å². The molecule has 0 amide bonds. The minimum absolute atomic E-state index is 0.347. The maximum absolute atomic E-state index is 5.19. The van der Waals surface area contributed by atoms with Gasteiger partial charge in [0, 0.05) is 13.1 Å². The summed E-state index contributed by atoms with van der Waals surface area (Å²) < 4.78 is 6.97. The lowest BCUT2D eigenvalue weighted by Gasteiger charge is -2.21. The topological polar surface area (TPSA) is 52.0 Å². The summed E-state index contributed by atoms with van der Waals surface area (Å²) in [7, 11) is 3.59. The van der Waals surface area contributed by atoms with Gasteiger partial charge in [0.05, 0.1) is 13.7 Å². The van der Waals surface area contributed by atoms with E-state index in [0.29, 0.717) is 12.0 Å². The van der Waals surface area contributed by atoms with Crippen molar-refractivity contribution in [2.45, 2.75) is 32.4 Å². The van der Waals surface area contributed by atoms with Gasteiger partial charge in [-0.2, -0.15) is 5.10 Å². The number of methoxy groups -OCH3 is 1. The van der Waals surface area contributed by atoms with E-state index in [1.165, 1.54) is 5.56 Å². The fourth-order valence-corrected chi connectivity index (χ4v) is 2.11. The molecule has 0 fully saturated rings. The minimum atomic E-state index is 0.347. The van der Waals surface area contributed by atoms with Crippen LogP contribution in [0.2, 0.25) is 0 Å². The van der Waals surface area contributed by atoms with E-state index >= 15 is 0 Å². The van der Waals surface area contributed by atoms with Crippen molar-refractivity contribution in [3.05, 3.63) is 42.0 Å². The normalized spacial score (nSPS) is 14.0. The highest BCUT2D eigenvalue weighted by Crippen LogP contribution is 2.22. The van der Waals surface area contributed by atoms with Crippen molar-refractivity contribution in [1.29, 1.82) is 0 Å². The van der Waals surface area contributed by atoms with Crippen LogP contribution in [0.4, 0.5) is 0 Å². The average Bonchev–Trinajstić information content (AvgIpc) is 2.89. The zero-order valence-corrected chi connectivity index (χ0v) is 12.5. The lowest BCUT2D eigenvalue weighted by molar-refractivity contribution is 0.414. The van der Waals surface area contributed by atoms with E-state index in [-0.39, 0.29) is 0 Å². The van der Waals surface area contributed by atoms with Crippen LogP contribution in [0.3, 0.4) is 0 Å². The second-order valence-electron chi connectivity index (χ2n) is 5.03. The molecule has 0 radical (unpaired) electrons. The van der Waals surface area contributed by atoms with E-state index < -0.39 is 0 Å². The standard InChI is InChI=1S/C15H22N4O/c1-11(13-5-7-14(20-4)8-6-13)12(2)16-9-15-17-10-18-19(15)3/h5-8,10-12,16H,9H2,1-4H3/t11-,12-/m0/s1. The molecule has 2 rings (SSSR count). The molecule has 2 atom stereocenters. The second kappa shape index (κ2) is 6.52. The van der Waals surface area contributed by atoms with Gasteiger partial charge in [0.15, 0.2) is 0 Å². The lowest BCUT2D eigenvalue weighted by atomic mass is 9.94. The van der Waals surface area contributed by atoms with Crippen molar-refractivity contribution in [1.82, 2.24) is 20.1 Å². The summed E-state index contributed by atoms with van der Waals surface area (Å²) in [5.74, 6) is 2.24. The Hall–Kier alpha value is -1.88. The van der Waals surface area contributed by atoms with Crippen LogP contribution < -0.4 is 10.1 Å². The third-order valence-electron chi connectivity index (χ3n) is 3.78. The van der Waals surface area contributed by atoms with Gasteiger partial charge in [0.25, 0.3) is 0 Å². The molecule has 0 bridgehead atoms. The lowest BCUT2D eigenvalue weighted by Crippen LogP contribution is -2.31. The van der Waals surface area contributed by atoms with Crippen LogP contribution in [0.25, 0.3) is 0 Å². The van der Waals surface area contributed by atoms with E-state index in [1.54, 1.807) is 18.1 Å². The number of hydrogen-bond acceptors (Lipinski definition) is 4. The van der Waals surface area contributed by atoms with Crippen LogP contribution in [0.15, 0.2) is 30.6 Å². The number of aryl methyl sites for hydroxylation is 1. The van der Waals surface area contributed by atoms with Gasteiger partial charge >= 0.3 is 0 Å². The molecule has 0 saturated carbocycles. The number of benzene rings is 1. The van der Waals surface area contributed by atoms with E-state index in [1.807, 2.05) is 19.2 Å². The molecule has 1 N–H and O–H groups in total. The van der Waals surface area contributed by atoms with E-state index in [4.69, 9.17) is 4.74 Å². The monoisotopic (exact) mass is 274 g/mol. The number of rotatable bonds is 6. The summed E-state index contributed by atoms with van der Waals surface area (Å²) >= 11 is 0. The Morgan fingerprint density at radius 2 is 1.95 bits per heavy atom. The molecule has 1 heterocycles. The molecule has 5 heteroatoms. The highest BCUT2D eigenvalue weighted by Gasteiger charge is 2.14. The first-order valence-corrected chi connectivity index (χ1v) is 6.82. The highest BCUT2D eigenvalue weighted by molar-refractivity contribution is 5.29. The predicted molar refractivity (Wildman–Crippen MR) is 78.7 cm³/mol. The van der Waals surface area contributed by atoms with Crippen LogP contribution >= 0.6 is 0 Å². The zero-order valence-electron chi connectivity index (χ0n) is 12.5. The maximum atomic E-state index is 5.19. The Kier molecular flexibility index (Phi) is 4.74. The first-order chi connectivity index (χ1) is 9.61. The van der Waals surface area contributed by atoms with Crippen LogP contribution in [0.5, 0.6) is 5.75 Å². The average molecular weight is 274 g/mol. The first kappa shape index (κ1) is 14.5. The number of nitrogens with one attached hydrogen (secondary N) is 1. The Bertz CT molecular complexity index is 535. The fourth-order valence-electron chi connectivity index (χ4n) is 2.11. The van der Waals surface area contributed by atoms with Crippen molar-refractivity contribution in [3.63, 3.8) is 0 Å². The van der Waals surface area contributed by atoms with Gasteiger partial charge in [-0.3, -0.25) is 4.68 Å². The molecule has 2 aromatic rings. The molecule has 108 valence electrons. The summed E-state index contributed by atoms with van der Waals surface area (Å²) in [5.41, 5.74) is 1.30. The predicted octanol–water partition coefficient (Wildman–Crippen LogP) is 2.11. The van der Waals surface area contributed by atoms with Gasteiger partial charge in [0.2, 0.25) is 0 Å². The number of nitrogens with zero attached hydrogens (tertiary/aromatic N) is 3. The highest BCUT2D eigenvalue weighted by atomic mass is 16.5. The fraction of sp³-hybridized carbons (Fsp3) is 0.467. The zero-order chi connectivity index (χ0) is 14.5. The summed E-state index contributed by atoms with van der Waals surface area (Å²) in [4.78, 5) is 4.22. The van der Waals surface area contributed by atoms with E-state index in [0.717, 1.165) is 18.1 Å². The largest absolute Gasteiger partial charge is 0.497 e. The van der Waals surface area contributed by atoms with Crippen LogP contribution in [0.1, 0.15) is 31.2 Å². The molecule has 0 aliphatic carbocycles. The van der Waals surface area contributed by atoms with Crippen LogP contribution in [-0.2, 0) is 13.6 Å². The van der Waals surface area contributed by atoms with Gasteiger partial charge in [-0.05, 0) is 30.5 Å². The summed E-state index contributed by atoms with van der Waals surface area (Å²) in [6.07, 6.45) is 1.58. The summed E-state index contributed by atoms with van der Waals surface area (Å²) in [6.45, 7) is 5.12. The van der Waals surface area contributed by atoms with E-state index in [2.05, 4.69) is 41.4 Å². The van der Waals surface area contributed by atoms with Crippen LogP contribution in [0, 0.1) is 0 Å². The van der Waals surface area contributed by atoms with Gasteiger partial charge in [-0.25, -0.2) is 4.98 Å². The Morgan fingerprint density at radius 1 is 1.25 bits per heavy atom. The molecule has 0 aliphatic heterocycles. The molecule has 0 spiro atoms. The molecule has 1 aromatic carbocycles. The third-order valence-corrected chi connectivity index (χ3v) is 3.78. The van der Waals surface area contributed by atoms with Crippen molar-refractivity contribution < 1.29 is 4.74 Å². The van der Waals surface area contributed by atoms with Crippen LogP contribution in [-0.4, -0.2) is 27.9 Å². The van der Waals surface area contributed by atoms with Crippen molar-refractivity contribution in [2.24, 2.45) is 7.05 Å².